The van der Waals surface area contributed by atoms with Gasteiger partial charge in [0.25, 0.3) is 0 Å². The molecule has 0 spiro atoms. The van der Waals surface area contributed by atoms with Gasteiger partial charge >= 0.3 is 6.18 Å². The van der Waals surface area contributed by atoms with E-state index < -0.39 is 24.1 Å². The third kappa shape index (κ3) is 3.57. The van der Waals surface area contributed by atoms with E-state index in [4.69, 9.17) is 5.26 Å². The van der Waals surface area contributed by atoms with Crippen molar-refractivity contribution in [2.24, 2.45) is 5.92 Å². The summed E-state index contributed by atoms with van der Waals surface area (Å²) in [4.78, 5) is 23.1. The molecule has 1 aromatic heterocycles. The third-order valence-corrected chi connectivity index (χ3v) is 7.24. The molecule has 1 aromatic rings. The first-order valence-electron chi connectivity index (χ1n) is 9.61. The van der Waals surface area contributed by atoms with Gasteiger partial charge in [0.2, 0.25) is 5.91 Å². The number of nitriles is 1. The van der Waals surface area contributed by atoms with Gasteiger partial charge in [0.15, 0.2) is 11.3 Å². The second-order valence-electron chi connectivity index (χ2n) is 7.67. The quantitative estimate of drug-likeness (QED) is 0.698. The van der Waals surface area contributed by atoms with Gasteiger partial charge in [-0.25, -0.2) is 4.98 Å². The van der Waals surface area contributed by atoms with Gasteiger partial charge in [0, 0.05) is 43.2 Å². The summed E-state index contributed by atoms with van der Waals surface area (Å²) in [6.45, 7) is 2.78. The number of fused-ring (bicyclic) bond motifs is 1. The van der Waals surface area contributed by atoms with Gasteiger partial charge < -0.3 is 4.90 Å². The monoisotopic (exact) mass is 413 g/mol. The highest BCUT2D eigenvalue weighted by atomic mass is 32.1. The maximum absolute atomic E-state index is 13.4. The standard InChI is InChI=1S/C18H22F3N5OS/c19-18(20,21)13-4-2-1-3-12(13)15-9-23-17(28-15)26-8-7-25-6-5-24(11-22)10-14(25)16(26)27/h9,12-14H,1-8,10H2/t12-,13+,14?/m1/s1. The number of nitrogens with zero attached hydrogens (tertiary/aromatic N) is 5. The van der Waals surface area contributed by atoms with E-state index in [-0.39, 0.29) is 12.3 Å². The second-order valence-corrected chi connectivity index (χ2v) is 8.71. The number of anilines is 1. The molecule has 0 bridgehead atoms. The molecule has 4 rings (SSSR count). The van der Waals surface area contributed by atoms with Crippen LogP contribution in [0.3, 0.4) is 0 Å². The molecular formula is C18H22F3N5OS. The molecule has 3 atom stereocenters. The molecule has 1 amide bonds. The minimum atomic E-state index is -4.21. The molecule has 0 aromatic carbocycles. The van der Waals surface area contributed by atoms with Gasteiger partial charge in [0.1, 0.15) is 6.04 Å². The molecule has 6 nitrogen and oxygen atoms in total. The largest absolute Gasteiger partial charge is 0.392 e. The average Bonchev–Trinajstić information content (AvgIpc) is 3.17. The van der Waals surface area contributed by atoms with Crippen molar-refractivity contribution in [3.63, 3.8) is 0 Å². The van der Waals surface area contributed by atoms with E-state index in [2.05, 4.69) is 16.1 Å². The Morgan fingerprint density at radius 3 is 2.68 bits per heavy atom. The molecule has 3 heterocycles. The van der Waals surface area contributed by atoms with Crippen molar-refractivity contribution in [2.45, 2.75) is 43.8 Å². The van der Waals surface area contributed by atoms with Crippen LogP contribution in [0.25, 0.3) is 0 Å². The van der Waals surface area contributed by atoms with Gasteiger partial charge in [-0.1, -0.05) is 12.8 Å². The molecule has 3 fully saturated rings. The Balaban J connectivity index is 1.52. The fourth-order valence-corrected chi connectivity index (χ4v) is 5.70. The van der Waals surface area contributed by atoms with Gasteiger partial charge in [-0.15, -0.1) is 11.3 Å². The Morgan fingerprint density at radius 2 is 1.93 bits per heavy atom. The maximum atomic E-state index is 13.4. The van der Waals surface area contributed by atoms with Gasteiger partial charge in [0.05, 0.1) is 12.5 Å². The number of halogens is 3. The lowest BCUT2D eigenvalue weighted by molar-refractivity contribution is -0.187. The molecule has 152 valence electrons. The van der Waals surface area contributed by atoms with E-state index in [9.17, 15) is 18.0 Å². The maximum Gasteiger partial charge on any atom is 0.392 e. The van der Waals surface area contributed by atoms with Crippen LogP contribution >= 0.6 is 11.3 Å². The van der Waals surface area contributed by atoms with Crippen molar-refractivity contribution in [1.29, 1.82) is 5.26 Å². The van der Waals surface area contributed by atoms with Crippen LogP contribution < -0.4 is 4.90 Å². The third-order valence-electron chi connectivity index (χ3n) is 6.09. The number of aromatic nitrogens is 1. The Labute approximate surface area is 165 Å². The summed E-state index contributed by atoms with van der Waals surface area (Å²) in [6, 6.07) is -0.396. The van der Waals surface area contributed by atoms with Crippen molar-refractivity contribution in [1.82, 2.24) is 14.8 Å². The van der Waals surface area contributed by atoms with E-state index in [1.807, 2.05) is 0 Å². The van der Waals surface area contributed by atoms with Gasteiger partial charge in [-0.05, 0) is 12.8 Å². The van der Waals surface area contributed by atoms with Gasteiger partial charge in [-0.3, -0.25) is 14.6 Å². The summed E-state index contributed by atoms with van der Waals surface area (Å²) in [5.74, 6) is -2.02. The molecule has 2 saturated heterocycles. The predicted octanol–water partition coefficient (Wildman–Crippen LogP) is 2.79. The van der Waals surface area contributed by atoms with Crippen molar-refractivity contribution in [2.75, 3.05) is 37.6 Å². The van der Waals surface area contributed by atoms with Crippen LogP contribution in [-0.2, 0) is 4.79 Å². The van der Waals surface area contributed by atoms with Gasteiger partial charge in [-0.2, -0.15) is 18.4 Å². The second kappa shape index (κ2) is 7.52. The lowest BCUT2D eigenvalue weighted by atomic mass is 9.78. The Bertz CT molecular complexity index is 776. The Morgan fingerprint density at radius 1 is 1.18 bits per heavy atom. The highest BCUT2D eigenvalue weighted by Crippen LogP contribution is 2.48. The highest BCUT2D eigenvalue weighted by molar-refractivity contribution is 7.15. The van der Waals surface area contributed by atoms with Crippen LogP contribution in [0.4, 0.5) is 18.3 Å². The molecule has 0 N–H and O–H groups in total. The highest BCUT2D eigenvalue weighted by Gasteiger charge is 2.47. The number of hydrogen-bond donors (Lipinski definition) is 0. The summed E-state index contributed by atoms with van der Waals surface area (Å²) in [5.41, 5.74) is 0. The van der Waals surface area contributed by atoms with E-state index in [1.54, 1.807) is 9.80 Å². The zero-order chi connectivity index (χ0) is 19.9. The number of carbonyl (C=O) groups is 1. The molecule has 2 aliphatic heterocycles. The molecule has 1 unspecified atom stereocenters. The van der Waals surface area contributed by atoms with Crippen LogP contribution in [0.2, 0.25) is 0 Å². The lowest BCUT2D eigenvalue weighted by Gasteiger charge is -2.44. The van der Waals surface area contributed by atoms with E-state index >= 15 is 0 Å². The molecule has 1 aliphatic carbocycles. The van der Waals surface area contributed by atoms with E-state index in [0.717, 1.165) is 6.42 Å². The summed E-state index contributed by atoms with van der Waals surface area (Å²) in [6.07, 6.45) is 1.46. The SMILES string of the molecule is N#CN1CCN2CCN(c3ncc([C@@H]4CCCC[C@@H]4C(F)(F)F)s3)C(=O)C2C1. The van der Waals surface area contributed by atoms with E-state index in [0.29, 0.717) is 55.6 Å². The first-order chi connectivity index (χ1) is 13.4. The zero-order valence-corrected chi connectivity index (χ0v) is 16.2. The predicted molar refractivity (Wildman–Crippen MR) is 97.8 cm³/mol. The van der Waals surface area contributed by atoms with Crippen LogP contribution in [-0.4, -0.2) is 65.6 Å². The van der Waals surface area contributed by atoms with Crippen molar-refractivity contribution in [3.05, 3.63) is 11.1 Å². The van der Waals surface area contributed by atoms with Crippen LogP contribution in [0.5, 0.6) is 0 Å². The van der Waals surface area contributed by atoms with Crippen LogP contribution in [0.15, 0.2) is 6.20 Å². The van der Waals surface area contributed by atoms with Crippen LogP contribution in [0.1, 0.15) is 36.5 Å². The van der Waals surface area contributed by atoms with Crippen molar-refractivity contribution < 1.29 is 18.0 Å². The number of rotatable bonds is 2. The normalized spacial score (nSPS) is 29.5. The minimum absolute atomic E-state index is 0.122. The molecule has 1 saturated carbocycles. The first-order valence-corrected chi connectivity index (χ1v) is 10.4. The number of thiazole rings is 1. The summed E-state index contributed by atoms with van der Waals surface area (Å²) < 4.78 is 40.3. The first kappa shape index (κ1) is 19.5. The zero-order valence-electron chi connectivity index (χ0n) is 15.4. The van der Waals surface area contributed by atoms with E-state index in [1.165, 1.54) is 17.5 Å². The molecular weight excluding hydrogens is 391 g/mol. The topological polar surface area (TPSA) is 63.5 Å². The molecule has 3 aliphatic rings. The van der Waals surface area contributed by atoms with Crippen molar-refractivity contribution in [3.8, 4) is 6.19 Å². The minimum Gasteiger partial charge on any atom is -0.307 e. The fourth-order valence-electron chi connectivity index (χ4n) is 4.56. The lowest BCUT2D eigenvalue weighted by Crippen LogP contribution is -2.64. The molecule has 28 heavy (non-hydrogen) atoms. The average molecular weight is 413 g/mol. The fraction of sp³-hybridized carbons (Fsp3) is 0.722. The Kier molecular flexibility index (Phi) is 5.22. The summed E-state index contributed by atoms with van der Waals surface area (Å²) in [5, 5.41) is 9.59. The molecule has 0 radical (unpaired) electrons. The number of hydrogen-bond acceptors (Lipinski definition) is 6. The Hall–Kier alpha value is -1.86. The van der Waals surface area contributed by atoms with Crippen LogP contribution in [0, 0.1) is 17.4 Å². The smallest absolute Gasteiger partial charge is 0.307 e. The number of amides is 1. The molecule has 10 heteroatoms. The summed E-state index contributed by atoms with van der Waals surface area (Å²) >= 11 is 1.21. The van der Waals surface area contributed by atoms with Crippen molar-refractivity contribution >= 4 is 22.4 Å². The number of piperazine rings is 2. The number of alkyl halides is 3. The summed E-state index contributed by atoms with van der Waals surface area (Å²) in [7, 11) is 0. The number of carbonyl (C=O) groups excluding carboxylic acids is 1.